The number of halogens is 1. The van der Waals surface area contributed by atoms with E-state index in [1.807, 2.05) is 0 Å². The van der Waals surface area contributed by atoms with E-state index in [4.69, 9.17) is 5.11 Å². The van der Waals surface area contributed by atoms with E-state index in [1.165, 1.54) is 18.2 Å². The number of rotatable bonds is 3. The first-order chi connectivity index (χ1) is 9.61. The number of aromatic nitrogens is 2. The largest absolute Gasteiger partial charge is 0.478 e. The van der Waals surface area contributed by atoms with E-state index in [0.29, 0.717) is 6.54 Å². The van der Waals surface area contributed by atoms with E-state index in [2.05, 4.69) is 5.10 Å². The number of fused-ring (bicyclic) bond motifs is 1. The summed E-state index contributed by atoms with van der Waals surface area (Å²) in [5.41, 5.74) is 1.90. The molecule has 0 aliphatic rings. The minimum Gasteiger partial charge on any atom is -0.478 e. The summed E-state index contributed by atoms with van der Waals surface area (Å²) in [6, 6.07) is 11.0. The Balaban J connectivity index is 1.92. The van der Waals surface area contributed by atoms with Gasteiger partial charge in [0.2, 0.25) is 0 Å². The Kier molecular flexibility index (Phi) is 2.95. The fourth-order valence-corrected chi connectivity index (χ4v) is 2.07. The van der Waals surface area contributed by atoms with Gasteiger partial charge in [-0.15, -0.1) is 0 Å². The highest BCUT2D eigenvalue weighted by Gasteiger charge is 2.06. The van der Waals surface area contributed by atoms with Gasteiger partial charge in [0.05, 0.1) is 17.6 Å². The first kappa shape index (κ1) is 12.3. The number of hydrogen-bond acceptors (Lipinski definition) is 2. The molecule has 0 unspecified atom stereocenters. The Morgan fingerprint density at radius 2 is 1.95 bits per heavy atom. The van der Waals surface area contributed by atoms with Gasteiger partial charge >= 0.3 is 5.97 Å². The molecule has 5 heteroatoms. The third-order valence-corrected chi connectivity index (χ3v) is 3.06. The van der Waals surface area contributed by atoms with Gasteiger partial charge in [0, 0.05) is 11.6 Å². The van der Waals surface area contributed by atoms with Crippen molar-refractivity contribution in [3.63, 3.8) is 0 Å². The summed E-state index contributed by atoms with van der Waals surface area (Å²) in [6.07, 6.45) is 1.78. The fourth-order valence-electron chi connectivity index (χ4n) is 2.07. The molecule has 3 rings (SSSR count). The summed E-state index contributed by atoms with van der Waals surface area (Å²) in [4.78, 5) is 10.9. The van der Waals surface area contributed by atoms with E-state index >= 15 is 0 Å². The zero-order valence-electron chi connectivity index (χ0n) is 10.5. The van der Waals surface area contributed by atoms with Crippen LogP contribution in [-0.4, -0.2) is 20.9 Å². The molecule has 0 aliphatic heterocycles. The smallest absolute Gasteiger partial charge is 0.335 e. The van der Waals surface area contributed by atoms with E-state index in [1.54, 1.807) is 35.1 Å². The van der Waals surface area contributed by atoms with Crippen molar-refractivity contribution >= 4 is 16.9 Å². The zero-order chi connectivity index (χ0) is 14.1. The Hall–Kier alpha value is -2.69. The third-order valence-electron chi connectivity index (χ3n) is 3.06. The summed E-state index contributed by atoms with van der Waals surface area (Å²) in [6.45, 7) is 0.511. The van der Waals surface area contributed by atoms with Crippen LogP contribution in [0.15, 0.2) is 48.7 Å². The van der Waals surface area contributed by atoms with Crippen LogP contribution in [0.5, 0.6) is 0 Å². The molecule has 1 heterocycles. The van der Waals surface area contributed by atoms with Crippen molar-refractivity contribution in [2.75, 3.05) is 0 Å². The Bertz CT molecular complexity index is 778. The van der Waals surface area contributed by atoms with Gasteiger partial charge in [-0.3, -0.25) is 4.68 Å². The molecular weight excluding hydrogens is 259 g/mol. The van der Waals surface area contributed by atoms with Crippen LogP contribution >= 0.6 is 0 Å². The summed E-state index contributed by atoms with van der Waals surface area (Å²) in [5, 5.41) is 14.1. The van der Waals surface area contributed by atoms with Crippen molar-refractivity contribution in [3.8, 4) is 0 Å². The maximum absolute atomic E-state index is 12.8. The molecule has 4 nitrogen and oxygen atoms in total. The van der Waals surface area contributed by atoms with E-state index in [0.717, 1.165) is 16.5 Å². The molecule has 2 aromatic carbocycles. The van der Waals surface area contributed by atoms with Crippen LogP contribution < -0.4 is 0 Å². The SMILES string of the molecule is O=C(O)c1ccc2nn(Cc3ccc(F)cc3)cc2c1. The van der Waals surface area contributed by atoms with Crippen LogP contribution in [0, 0.1) is 5.82 Å². The van der Waals surface area contributed by atoms with Gasteiger partial charge in [0.25, 0.3) is 0 Å². The van der Waals surface area contributed by atoms with Gasteiger partial charge in [-0.25, -0.2) is 9.18 Å². The first-order valence-corrected chi connectivity index (χ1v) is 6.07. The van der Waals surface area contributed by atoms with Gasteiger partial charge < -0.3 is 5.11 Å². The summed E-state index contributed by atoms with van der Waals surface area (Å²) in [7, 11) is 0. The molecule has 0 bridgehead atoms. The average molecular weight is 270 g/mol. The van der Waals surface area contributed by atoms with E-state index in [-0.39, 0.29) is 11.4 Å². The average Bonchev–Trinajstić information content (AvgIpc) is 2.82. The highest BCUT2D eigenvalue weighted by molar-refractivity contribution is 5.93. The Labute approximate surface area is 114 Å². The molecule has 3 aromatic rings. The van der Waals surface area contributed by atoms with Crippen LogP contribution in [0.3, 0.4) is 0 Å². The van der Waals surface area contributed by atoms with Gasteiger partial charge in [0.15, 0.2) is 0 Å². The number of carboxylic acid groups (broad SMARTS) is 1. The molecule has 0 saturated carbocycles. The van der Waals surface area contributed by atoms with Crippen molar-refractivity contribution in [3.05, 3.63) is 65.6 Å². The maximum Gasteiger partial charge on any atom is 0.335 e. The fraction of sp³-hybridized carbons (Fsp3) is 0.0667. The van der Waals surface area contributed by atoms with Crippen molar-refractivity contribution in [2.24, 2.45) is 0 Å². The van der Waals surface area contributed by atoms with E-state index < -0.39 is 5.97 Å². The second-order valence-electron chi connectivity index (χ2n) is 4.53. The van der Waals surface area contributed by atoms with Gasteiger partial charge in [-0.1, -0.05) is 12.1 Å². The van der Waals surface area contributed by atoms with Gasteiger partial charge in [-0.2, -0.15) is 5.10 Å². The first-order valence-electron chi connectivity index (χ1n) is 6.07. The minimum absolute atomic E-state index is 0.235. The molecule has 1 aromatic heterocycles. The predicted octanol–water partition coefficient (Wildman–Crippen LogP) is 2.92. The summed E-state index contributed by atoms with van der Waals surface area (Å²) < 4.78 is 14.5. The molecular formula is C15H11FN2O2. The molecule has 0 radical (unpaired) electrons. The number of hydrogen-bond donors (Lipinski definition) is 1. The number of aromatic carboxylic acids is 1. The van der Waals surface area contributed by atoms with Crippen LogP contribution in [0.4, 0.5) is 4.39 Å². The topological polar surface area (TPSA) is 55.1 Å². The monoisotopic (exact) mass is 270 g/mol. The molecule has 100 valence electrons. The van der Waals surface area contributed by atoms with Gasteiger partial charge in [-0.05, 0) is 35.9 Å². The number of carbonyl (C=O) groups is 1. The predicted molar refractivity (Wildman–Crippen MR) is 72.2 cm³/mol. The lowest BCUT2D eigenvalue weighted by molar-refractivity contribution is 0.0697. The molecule has 0 atom stereocenters. The molecule has 1 N–H and O–H groups in total. The molecule has 20 heavy (non-hydrogen) atoms. The maximum atomic E-state index is 12.8. The molecule has 0 spiro atoms. The standard InChI is InChI=1S/C15H11FN2O2/c16-13-4-1-10(2-5-13)8-18-9-12-7-11(15(19)20)3-6-14(12)17-18/h1-7,9H,8H2,(H,19,20). The third kappa shape index (κ3) is 2.38. The van der Waals surface area contributed by atoms with Gasteiger partial charge in [0.1, 0.15) is 5.82 Å². The molecule has 0 amide bonds. The summed E-state index contributed by atoms with van der Waals surface area (Å²) >= 11 is 0. The van der Waals surface area contributed by atoms with E-state index in [9.17, 15) is 9.18 Å². The van der Waals surface area contributed by atoms with Crippen LogP contribution in [0.25, 0.3) is 10.9 Å². The van der Waals surface area contributed by atoms with Crippen molar-refractivity contribution < 1.29 is 14.3 Å². The van der Waals surface area contributed by atoms with Crippen LogP contribution in [0.1, 0.15) is 15.9 Å². The zero-order valence-corrected chi connectivity index (χ0v) is 10.5. The lowest BCUT2D eigenvalue weighted by atomic mass is 10.2. The Morgan fingerprint density at radius 3 is 2.65 bits per heavy atom. The number of benzene rings is 2. The highest BCUT2D eigenvalue weighted by atomic mass is 19.1. The molecule has 0 aliphatic carbocycles. The van der Waals surface area contributed by atoms with Crippen molar-refractivity contribution in [1.29, 1.82) is 0 Å². The lowest BCUT2D eigenvalue weighted by Crippen LogP contribution is -1.99. The quantitative estimate of drug-likeness (QED) is 0.796. The molecule has 0 fully saturated rings. The van der Waals surface area contributed by atoms with Crippen LogP contribution in [-0.2, 0) is 6.54 Å². The van der Waals surface area contributed by atoms with Crippen molar-refractivity contribution in [2.45, 2.75) is 6.54 Å². The second kappa shape index (κ2) is 4.77. The van der Waals surface area contributed by atoms with Crippen LogP contribution in [0.2, 0.25) is 0 Å². The lowest BCUT2D eigenvalue weighted by Gasteiger charge is -2.00. The highest BCUT2D eigenvalue weighted by Crippen LogP contribution is 2.15. The summed E-state index contributed by atoms with van der Waals surface area (Å²) in [5.74, 6) is -1.23. The number of carboxylic acids is 1. The normalized spacial score (nSPS) is 10.8. The number of nitrogens with zero attached hydrogens (tertiary/aromatic N) is 2. The Morgan fingerprint density at radius 1 is 1.20 bits per heavy atom. The second-order valence-corrected chi connectivity index (χ2v) is 4.53. The minimum atomic E-state index is -0.960. The van der Waals surface area contributed by atoms with Crippen molar-refractivity contribution in [1.82, 2.24) is 9.78 Å². The molecule has 0 saturated heterocycles.